The van der Waals surface area contributed by atoms with Crippen LogP contribution in [0.4, 0.5) is 4.79 Å². The molecule has 186 valence electrons. The largest absolute Gasteiger partial charge is 0.479 e. The zero-order chi connectivity index (χ0) is 25.0. The number of rotatable bonds is 8. The lowest BCUT2D eigenvalue weighted by molar-refractivity contribution is -0.177. The van der Waals surface area contributed by atoms with Crippen LogP contribution in [0.25, 0.3) is 11.1 Å². The zero-order valence-corrected chi connectivity index (χ0v) is 20.2. The van der Waals surface area contributed by atoms with E-state index in [1.165, 1.54) is 11.8 Å². The summed E-state index contributed by atoms with van der Waals surface area (Å²) in [5.74, 6) is -1.51. The van der Waals surface area contributed by atoms with Gasteiger partial charge in [-0.05, 0) is 35.6 Å². The van der Waals surface area contributed by atoms with Crippen LogP contribution in [-0.4, -0.2) is 65.9 Å². The molecule has 1 unspecified atom stereocenters. The molecule has 1 aliphatic heterocycles. The molecule has 2 aromatic carbocycles. The molecule has 8 heteroatoms. The first-order valence-electron chi connectivity index (χ1n) is 12.1. The van der Waals surface area contributed by atoms with Crippen LogP contribution in [-0.2, 0) is 19.1 Å². The molecule has 2 N–H and O–H groups in total. The van der Waals surface area contributed by atoms with Gasteiger partial charge in [-0.2, -0.15) is 0 Å². The fourth-order valence-corrected chi connectivity index (χ4v) is 4.86. The molecule has 0 spiro atoms. The van der Waals surface area contributed by atoms with Crippen LogP contribution in [0.15, 0.2) is 48.5 Å². The number of carbonyl (C=O) groups excluding carboxylic acids is 2. The topological polar surface area (TPSA) is 105 Å². The van der Waals surface area contributed by atoms with E-state index < -0.39 is 23.7 Å². The van der Waals surface area contributed by atoms with E-state index in [2.05, 4.69) is 17.4 Å². The normalized spacial score (nSPS) is 20.0. The molecule has 0 radical (unpaired) electrons. The Morgan fingerprint density at radius 1 is 1.14 bits per heavy atom. The highest BCUT2D eigenvalue weighted by molar-refractivity contribution is 5.87. The molecule has 2 atom stereocenters. The van der Waals surface area contributed by atoms with Crippen molar-refractivity contribution in [1.29, 1.82) is 0 Å². The van der Waals surface area contributed by atoms with Crippen LogP contribution < -0.4 is 5.32 Å². The molecule has 1 aliphatic carbocycles. The van der Waals surface area contributed by atoms with Crippen LogP contribution in [0.2, 0.25) is 0 Å². The summed E-state index contributed by atoms with van der Waals surface area (Å²) in [7, 11) is 0. The monoisotopic (exact) mass is 480 g/mol. The van der Waals surface area contributed by atoms with Gasteiger partial charge in [-0.1, -0.05) is 68.3 Å². The van der Waals surface area contributed by atoms with Crippen LogP contribution in [0.5, 0.6) is 0 Å². The van der Waals surface area contributed by atoms with Gasteiger partial charge in [-0.3, -0.25) is 4.79 Å². The molecule has 35 heavy (non-hydrogen) atoms. The summed E-state index contributed by atoms with van der Waals surface area (Å²) in [5.41, 5.74) is 3.04. The number of alkyl carbamates (subject to hydrolysis) is 1. The molecule has 0 bridgehead atoms. The minimum Gasteiger partial charge on any atom is -0.479 e. The molecule has 2 amide bonds. The molecule has 2 aromatic rings. The minimum absolute atomic E-state index is 0.0733. The van der Waals surface area contributed by atoms with E-state index in [0.29, 0.717) is 6.42 Å². The number of amides is 2. The summed E-state index contributed by atoms with van der Waals surface area (Å²) in [6.45, 7) is 3.94. The number of carboxylic acids is 1. The van der Waals surface area contributed by atoms with Gasteiger partial charge in [0.1, 0.15) is 12.6 Å². The van der Waals surface area contributed by atoms with Crippen LogP contribution >= 0.6 is 0 Å². The zero-order valence-electron chi connectivity index (χ0n) is 20.2. The van der Waals surface area contributed by atoms with E-state index >= 15 is 0 Å². The van der Waals surface area contributed by atoms with Gasteiger partial charge in [-0.15, -0.1) is 0 Å². The highest BCUT2D eigenvalue weighted by Crippen LogP contribution is 2.44. The van der Waals surface area contributed by atoms with Gasteiger partial charge in [0.2, 0.25) is 5.91 Å². The summed E-state index contributed by atoms with van der Waals surface area (Å²) >= 11 is 0. The van der Waals surface area contributed by atoms with Crippen molar-refractivity contribution in [3.05, 3.63) is 59.7 Å². The van der Waals surface area contributed by atoms with Gasteiger partial charge >= 0.3 is 12.1 Å². The number of hydrogen-bond donors (Lipinski definition) is 2. The Labute approximate surface area is 205 Å². The number of benzene rings is 2. The smallest absolute Gasteiger partial charge is 0.407 e. The third kappa shape index (κ3) is 5.17. The summed E-state index contributed by atoms with van der Waals surface area (Å²) < 4.78 is 11.0. The second-order valence-corrected chi connectivity index (χ2v) is 9.31. The number of aliphatic carboxylic acids is 1. The lowest BCUT2D eigenvalue weighted by Gasteiger charge is -2.39. The Kier molecular flexibility index (Phi) is 7.40. The predicted octanol–water partition coefficient (Wildman–Crippen LogP) is 3.79. The second-order valence-electron chi connectivity index (χ2n) is 9.31. The van der Waals surface area contributed by atoms with Crippen LogP contribution in [0.1, 0.15) is 50.2 Å². The van der Waals surface area contributed by atoms with Gasteiger partial charge in [0.05, 0.1) is 13.2 Å². The Morgan fingerprint density at radius 2 is 1.77 bits per heavy atom. The summed E-state index contributed by atoms with van der Waals surface area (Å²) in [4.78, 5) is 39.1. The standard InChI is InChI=1S/C27H32N2O6/c1-3-4-13-23(24(30)29-14-15-35-27(2,17-29)25(31)32)28-26(33)34-16-22-20-11-7-5-9-18(20)19-10-6-8-12-21(19)22/h5-12,22-23H,3-4,13-17H2,1-2H3,(H,28,33)(H,31,32)/t23-,27?/m0/s1. The fraction of sp³-hybridized carbons (Fsp3) is 0.444. The Hall–Kier alpha value is -3.39. The third-order valence-corrected chi connectivity index (χ3v) is 6.82. The Balaban J connectivity index is 1.42. The SMILES string of the molecule is CCCC[C@H](NC(=O)OCC1c2ccccc2-c2ccccc21)C(=O)N1CCOC(C)(C(=O)O)C1. The van der Waals surface area contributed by atoms with E-state index in [4.69, 9.17) is 9.47 Å². The second kappa shape index (κ2) is 10.5. The first kappa shape index (κ1) is 24.7. The van der Waals surface area contributed by atoms with Crippen molar-refractivity contribution in [2.24, 2.45) is 0 Å². The molecule has 1 fully saturated rings. The van der Waals surface area contributed by atoms with E-state index in [0.717, 1.165) is 35.1 Å². The maximum absolute atomic E-state index is 13.2. The number of nitrogens with zero attached hydrogens (tertiary/aromatic N) is 1. The maximum atomic E-state index is 13.2. The molecule has 8 nitrogen and oxygen atoms in total. The van der Waals surface area contributed by atoms with E-state index in [-0.39, 0.29) is 38.1 Å². The van der Waals surface area contributed by atoms with Gasteiger partial charge in [0, 0.05) is 12.5 Å². The number of ether oxygens (including phenoxy) is 2. The van der Waals surface area contributed by atoms with E-state index in [1.54, 1.807) is 0 Å². The van der Waals surface area contributed by atoms with Crippen molar-refractivity contribution in [3.8, 4) is 11.1 Å². The molecular weight excluding hydrogens is 448 g/mol. The van der Waals surface area contributed by atoms with Crippen molar-refractivity contribution in [3.63, 3.8) is 0 Å². The highest BCUT2D eigenvalue weighted by Gasteiger charge is 2.42. The lowest BCUT2D eigenvalue weighted by Crippen LogP contribution is -2.59. The minimum atomic E-state index is -1.47. The van der Waals surface area contributed by atoms with Gasteiger partial charge < -0.3 is 24.8 Å². The highest BCUT2D eigenvalue weighted by atomic mass is 16.5. The molecule has 1 saturated heterocycles. The van der Waals surface area contributed by atoms with E-state index in [9.17, 15) is 19.5 Å². The van der Waals surface area contributed by atoms with Crippen LogP contribution in [0, 0.1) is 0 Å². The van der Waals surface area contributed by atoms with Crippen molar-refractivity contribution < 1.29 is 29.0 Å². The number of hydrogen-bond acceptors (Lipinski definition) is 5. The van der Waals surface area contributed by atoms with Gasteiger partial charge in [-0.25, -0.2) is 9.59 Å². The average molecular weight is 481 g/mol. The maximum Gasteiger partial charge on any atom is 0.407 e. The fourth-order valence-electron chi connectivity index (χ4n) is 4.86. The lowest BCUT2D eigenvalue weighted by atomic mass is 9.98. The molecule has 0 saturated carbocycles. The number of nitrogens with one attached hydrogen (secondary N) is 1. The van der Waals surface area contributed by atoms with Gasteiger partial charge in [0.25, 0.3) is 0 Å². The van der Waals surface area contributed by atoms with Gasteiger partial charge in [0.15, 0.2) is 5.60 Å². The Morgan fingerprint density at radius 3 is 2.37 bits per heavy atom. The third-order valence-electron chi connectivity index (χ3n) is 6.82. The molecule has 1 heterocycles. The molecule has 0 aromatic heterocycles. The summed E-state index contributed by atoms with van der Waals surface area (Å²) in [5, 5.41) is 12.2. The summed E-state index contributed by atoms with van der Waals surface area (Å²) in [6.07, 6.45) is 1.38. The van der Waals surface area contributed by atoms with Crippen molar-refractivity contribution >= 4 is 18.0 Å². The molecular formula is C27H32N2O6. The van der Waals surface area contributed by atoms with E-state index in [1.807, 2.05) is 43.3 Å². The average Bonchev–Trinajstić information content (AvgIpc) is 3.18. The number of carboxylic acid groups (broad SMARTS) is 1. The van der Waals surface area contributed by atoms with Crippen molar-refractivity contribution in [2.45, 2.75) is 50.7 Å². The van der Waals surface area contributed by atoms with Crippen molar-refractivity contribution in [1.82, 2.24) is 10.2 Å². The molecule has 4 rings (SSSR count). The number of unbranched alkanes of at least 4 members (excludes halogenated alkanes) is 1. The molecule has 2 aliphatic rings. The number of morpholine rings is 1. The van der Waals surface area contributed by atoms with Crippen molar-refractivity contribution in [2.75, 3.05) is 26.3 Å². The summed E-state index contributed by atoms with van der Waals surface area (Å²) in [6, 6.07) is 15.4. The first-order valence-corrected chi connectivity index (χ1v) is 12.1. The predicted molar refractivity (Wildman–Crippen MR) is 130 cm³/mol. The number of carbonyl (C=O) groups is 3. The Bertz CT molecular complexity index is 1060. The quantitative estimate of drug-likeness (QED) is 0.596. The van der Waals surface area contributed by atoms with Crippen LogP contribution in [0.3, 0.4) is 0 Å². The number of fused-ring (bicyclic) bond motifs is 3. The first-order chi connectivity index (χ1) is 16.8.